The normalized spacial score (nSPS) is 15.0. The Morgan fingerprint density at radius 1 is 1.15 bits per heavy atom. The minimum Gasteiger partial charge on any atom is -0.508 e. The smallest absolute Gasteiger partial charge is 0.255 e. The van der Waals surface area contributed by atoms with E-state index in [1.165, 1.54) is 0 Å². The number of anilines is 2. The fraction of sp³-hybridized carbons (Fsp3) is 0.0833. The molecule has 0 saturated carbocycles. The largest absolute Gasteiger partial charge is 0.508 e. The molecule has 0 spiro atoms. The standard InChI is InChI=1S/C24H19ClN6O2/c1-14-20(23(33)28-16-7-5-11-26-13-16)21(15-6-4-8-17(32)12-15)31-24(27-14)29-22(30-31)18-9-2-3-10-19(18)25/h2-13,21,32H,1H3,(H,28,33)(H,27,29,30)/t21-/m0/s1. The van der Waals surface area contributed by atoms with Gasteiger partial charge in [0.1, 0.15) is 11.8 Å². The first-order valence-corrected chi connectivity index (χ1v) is 10.6. The van der Waals surface area contributed by atoms with Gasteiger partial charge in [-0.05, 0) is 48.9 Å². The second-order valence-corrected chi connectivity index (χ2v) is 7.95. The van der Waals surface area contributed by atoms with Crippen LogP contribution >= 0.6 is 11.6 Å². The summed E-state index contributed by atoms with van der Waals surface area (Å²) in [7, 11) is 0. The number of carbonyl (C=O) groups is 1. The lowest BCUT2D eigenvalue weighted by molar-refractivity contribution is -0.113. The molecule has 0 fully saturated rings. The predicted molar refractivity (Wildman–Crippen MR) is 126 cm³/mol. The quantitative estimate of drug-likeness (QED) is 0.412. The molecule has 0 radical (unpaired) electrons. The van der Waals surface area contributed by atoms with E-state index in [2.05, 4.69) is 20.6 Å². The molecule has 1 amide bonds. The third kappa shape index (κ3) is 3.92. The van der Waals surface area contributed by atoms with Crippen LogP contribution < -0.4 is 10.6 Å². The fourth-order valence-corrected chi connectivity index (χ4v) is 4.06. The maximum Gasteiger partial charge on any atom is 0.255 e. The van der Waals surface area contributed by atoms with Gasteiger partial charge in [0.15, 0.2) is 5.82 Å². The molecule has 1 aliphatic rings. The summed E-state index contributed by atoms with van der Waals surface area (Å²) in [5.41, 5.74) is 2.99. The van der Waals surface area contributed by atoms with Gasteiger partial charge in [0, 0.05) is 17.5 Å². The molecule has 9 heteroatoms. The minimum absolute atomic E-state index is 0.0868. The van der Waals surface area contributed by atoms with Crippen LogP contribution in [0.1, 0.15) is 18.5 Å². The van der Waals surface area contributed by atoms with Crippen molar-refractivity contribution in [2.24, 2.45) is 0 Å². The number of pyridine rings is 1. The molecule has 164 valence electrons. The first-order chi connectivity index (χ1) is 16.0. The second-order valence-electron chi connectivity index (χ2n) is 7.54. The van der Waals surface area contributed by atoms with Gasteiger partial charge in [-0.15, -0.1) is 5.10 Å². The van der Waals surface area contributed by atoms with Crippen LogP contribution in [0.25, 0.3) is 11.4 Å². The molecule has 2 aromatic carbocycles. The number of aromatic hydroxyl groups is 1. The van der Waals surface area contributed by atoms with Gasteiger partial charge in [0.05, 0.1) is 22.5 Å². The number of amides is 1. The van der Waals surface area contributed by atoms with Crippen LogP contribution in [0.3, 0.4) is 0 Å². The number of phenolic OH excluding ortho intramolecular Hbond substituents is 1. The third-order valence-corrected chi connectivity index (χ3v) is 5.65. The molecule has 0 unspecified atom stereocenters. The molecule has 33 heavy (non-hydrogen) atoms. The summed E-state index contributed by atoms with van der Waals surface area (Å²) < 4.78 is 1.64. The molecule has 0 aliphatic carbocycles. The second kappa shape index (κ2) is 8.40. The van der Waals surface area contributed by atoms with Crippen LogP contribution in [0.2, 0.25) is 5.02 Å². The summed E-state index contributed by atoms with van der Waals surface area (Å²) in [6.07, 6.45) is 3.21. The highest BCUT2D eigenvalue weighted by molar-refractivity contribution is 6.33. The number of nitrogens with one attached hydrogen (secondary N) is 2. The van der Waals surface area contributed by atoms with Crippen LogP contribution in [0.4, 0.5) is 11.6 Å². The first-order valence-electron chi connectivity index (χ1n) is 10.2. The van der Waals surface area contributed by atoms with Crippen LogP contribution in [-0.4, -0.2) is 30.8 Å². The summed E-state index contributed by atoms with van der Waals surface area (Å²) in [5, 5.41) is 21.4. The summed E-state index contributed by atoms with van der Waals surface area (Å²) >= 11 is 6.37. The lowest BCUT2D eigenvalue weighted by atomic mass is 9.95. The lowest BCUT2D eigenvalue weighted by Gasteiger charge is -2.28. The molecule has 1 atom stereocenters. The SMILES string of the molecule is CC1=C(C(=O)Nc2cccnc2)[C@H](c2cccc(O)c2)n2nc(-c3ccccc3Cl)nc2N1. The van der Waals surface area contributed by atoms with E-state index in [1.807, 2.05) is 24.3 Å². The number of rotatable bonds is 4. The van der Waals surface area contributed by atoms with E-state index >= 15 is 0 Å². The van der Waals surface area contributed by atoms with Crippen molar-refractivity contribution in [2.75, 3.05) is 10.6 Å². The number of halogens is 1. The molecule has 1 aliphatic heterocycles. The average molecular weight is 459 g/mol. The molecule has 3 heterocycles. The first kappa shape index (κ1) is 20.7. The Hall–Kier alpha value is -4.17. The highest BCUT2D eigenvalue weighted by Gasteiger charge is 2.34. The number of nitrogens with zero attached hydrogens (tertiary/aromatic N) is 4. The Morgan fingerprint density at radius 3 is 2.76 bits per heavy atom. The molecule has 5 rings (SSSR count). The Labute approximate surface area is 194 Å². The highest BCUT2D eigenvalue weighted by Crippen LogP contribution is 2.38. The van der Waals surface area contributed by atoms with E-state index in [-0.39, 0.29) is 11.7 Å². The highest BCUT2D eigenvalue weighted by atomic mass is 35.5. The van der Waals surface area contributed by atoms with Crippen LogP contribution in [0, 0.1) is 0 Å². The summed E-state index contributed by atoms with van der Waals surface area (Å²) in [5.74, 6) is 0.661. The van der Waals surface area contributed by atoms with E-state index < -0.39 is 6.04 Å². The lowest BCUT2D eigenvalue weighted by Crippen LogP contribution is -2.31. The molecule has 8 nitrogen and oxygen atoms in total. The number of phenols is 1. The number of benzene rings is 2. The zero-order valence-corrected chi connectivity index (χ0v) is 18.3. The summed E-state index contributed by atoms with van der Waals surface area (Å²) in [6.45, 7) is 1.81. The maximum absolute atomic E-state index is 13.4. The van der Waals surface area contributed by atoms with Gasteiger partial charge in [0.2, 0.25) is 5.95 Å². The van der Waals surface area contributed by atoms with Gasteiger partial charge >= 0.3 is 0 Å². The Bertz CT molecular complexity index is 1380. The van der Waals surface area contributed by atoms with Gasteiger partial charge in [-0.3, -0.25) is 9.78 Å². The van der Waals surface area contributed by atoms with Gasteiger partial charge in [0.25, 0.3) is 5.91 Å². The molecule has 0 saturated heterocycles. The van der Waals surface area contributed by atoms with Crippen molar-refractivity contribution in [2.45, 2.75) is 13.0 Å². The number of hydrogen-bond donors (Lipinski definition) is 3. The third-order valence-electron chi connectivity index (χ3n) is 5.32. The molecule has 3 N–H and O–H groups in total. The van der Waals surface area contributed by atoms with E-state index in [4.69, 9.17) is 16.7 Å². The topological polar surface area (TPSA) is 105 Å². The van der Waals surface area contributed by atoms with E-state index in [0.717, 1.165) is 0 Å². The van der Waals surface area contributed by atoms with Crippen molar-refractivity contribution in [1.29, 1.82) is 0 Å². The van der Waals surface area contributed by atoms with Crippen molar-refractivity contribution in [3.63, 3.8) is 0 Å². The molecule has 0 bridgehead atoms. The molecular formula is C24H19ClN6O2. The molecule has 4 aromatic rings. The van der Waals surface area contributed by atoms with E-state index in [1.54, 1.807) is 60.4 Å². The number of allylic oxidation sites excluding steroid dienone is 1. The Balaban J connectivity index is 1.63. The summed E-state index contributed by atoms with van der Waals surface area (Å²) in [6, 6.07) is 16.9. The van der Waals surface area contributed by atoms with Crippen molar-refractivity contribution < 1.29 is 9.90 Å². The van der Waals surface area contributed by atoms with Crippen molar-refractivity contribution in [1.82, 2.24) is 19.7 Å². The minimum atomic E-state index is -0.631. The maximum atomic E-state index is 13.4. The monoisotopic (exact) mass is 458 g/mol. The summed E-state index contributed by atoms with van der Waals surface area (Å²) in [4.78, 5) is 22.1. The van der Waals surface area contributed by atoms with E-state index in [9.17, 15) is 9.90 Å². The predicted octanol–water partition coefficient (Wildman–Crippen LogP) is 4.63. The number of aromatic nitrogens is 4. The van der Waals surface area contributed by atoms with Crippen molar-refractivity contribution in [3.05, 3.63) is 94.9 Å². The number of hydrogen-bond acceptors (Lipinski definition) is 6. The van der Waals surface area contributed by atoms with Gasteiger partial charge in [-0.2, -0.15) is 4.98 Å². The van der Waals surface area contributed by atoms with Crippen LogP contribution in [0.5, 0.6) is 5.75 Å². The van der Waals surface area contributed by atoms with Crippen LogP contribution in [-0.2, 0) is 4.79 Å². The molecular weight excluding hydrogens is 440 g/mol. The van der Waals surface area contributed by atoms with Gasteiger partial charge < -0.3 is 15.7 Å². The molecule has 2 aromatic heterocycles. The van der Waals surface area contributed by atoms with Crippen molar-refractivity contribution in [3.8, 4) is 17.1 Å². The average Bonchev–Trinajstić information content (AvgIpc) is 3.22. The number of fused-ring (bicyclic) bond motifs is 1. The zero-order valence-electron chi connectivity index (χ0n) is 17.5. The zero-order chi connectivity index (χ0) is 22.9. The van der Waals surface area contributed by atoms with E-state index in [0.29, 0.717) is 44.9 Å². The van der Waals surface area contributed by atoms with Gasteiger partial charge in [-0.1, -0.05) is 35.9 Å². The van der Waals surface area contributed by atoms with Crippen molar-refractivity contribution >= 4 is 29.1 Å². The Morgan fingerprint density at radius 2 is 2.00 bits per heavy atom. The van der Waals surface area contributed by atoms with Crippen LogP contribution in [0.15, 0.2) is 84.3 Å². The Kier molecular flexibility index (Phi) is 5.27. The number of carbonyl (C=O) groups excluding carboxylic acids is 1. The fourth-order valence-electron chi connectivity index (χ4n) is 3.84. The van der Waals surface area contributed by atoms with Gasteiger partial charge in [-0.25, -0.2) is 4.68 Å².